The molecule has 0 spiro atoms. The molecule has 0 fully saturated rings. The van der Waals surface area contributed by atoms with Gasteiger partial charge in [0.2, 0.25) is 16.9 Å². The van der Waals surface area contributed by atoms with E-state index in [4.69, 9.17) is 15.5 Å². The quantitative estimate of drug-likeness (QED) is 0.482. The lowest BCUT2D eigenvalue weighted by Gasteiger charge is -2.22. The van der Waals surface area contributed by atoms with Gasteiger partial charge >= 0.3 is 0 Å². The van der Waals surface area contributed by atoms with Gasteiger partial charge in [-0.25, -0.2) is 4.68 Å². The van der Waals surface area contributed by atoms with Crippen molar-refractivity contribution in [2.45, 2.75) is 25.4 Å². The minimum absolute atomic E-state index is 0.117. The van der Waals surface area contributed by atoms with Crippen LogP contribution >= 0.6 is 11.8 Å². The number of hydrogen-bond donors (Lipinski definition) is 1. The van der Waals surface area contributed by atoms with Gasteiger partial charge in [-0.1, -0.05) is 17.8 Å². The van der Waals surface area contributed by atoms with Gasteiger partial charge in [-0.2, -0.15) is 5.26 Å². The van der Waals surface area contributed by atoms with Crippen molar-refractivity contribution in [3.05, 3.63) is 47.7 Å². The van der Waals surface area contributed by atoms with Crippen molar-refractivity contribution in [1.29, 1.82) is 5.26 Å². The fourth-order valence-electron chi connectivity index (χ4n) is 2.82. The maximum Gasteiger partial charge on any atom is 0.237 e. The molecule has 0 aliphatic carbocycles. The summed E-state index contributed by atoms with van der Waals surface area (Å²) in [5.74, 6) is 6.90. The Balaban J connectivity index is 1.75. The number of carbonyl (C=O) groups is 1. The molecule has 2 heterocycles. The van der Waals surface area contributed by atoms with Gasteiger partial charge in [0.15, 0.2) is 5.76 Å². The average Bonchev–Trinajstić information content (AvgIpc) is 3.29. The molecule has 0 atom stereocenters. The first kappa shape index (κ1) is 19.5. The lowest BCUT2D eigenvalue weighted by molar-refractivity contribution is -0.116. The summed E-state index contributed by atoms with van der Waals surface area (Å²) in [5, 5.41) is 17.4. The molecule has 0 unspecified atom stereocenters. The topological polar surface area (TPSA) is 114 Å². The highest BCUT2D eigenvalue weighted by molar-refractivity contribution is 7.99. The number of hydrogen-bond acceptors (Lipinski definition) is 7. The van der Waals surface area contributed by atoms with E-state index in [1.54, 1.807) is 17.0 Å². The molecule has 3 rings (SSSR count). The van der Waals surface area contributed by atoms with Crippen LogP contribution in [0.15, 0.2) is 46.2 Å². The lowest BCUT2D eigenvalue weighted by Crippen LogP contribution is -2.33. The second kappa shape index (κ2) is 8.63. The van der Waals surface area contributed by atoms with Crippen LogP contribution in [0.3, 0.4) is 0 Å². The van der Waals surface area contributed by atoms with E-state index in [9.17, 15) is 4.79 Å². The Bertz CT molecular complexity index is 986. The molecule has 9 heteroatoms. The summed E-state index contributed by atoms with van der Waals surface area (Å²) in [6.45, 7) is 4.28. The Morgan fingerprint density at radius 1 is 1.32 bits per heavy atom. The lowest BCUT2D eigenvalue weighted by atomic mass is 10.1. The molecule has 1 aromatic carbocycles. The van der Waals surface area contributed by atoms with Gasteiger partial charge in [0, 0.05) is 12.2 Å². The first-order valence-electron chi connectivity index (χ1n) is 8.62. The van der Waals surface area contributed by atoms with Crippen LogP contribution in [-0.2, 0) is 4.79 Å². The van der Waals surface area contributed by atoms with Crippen LogP contribution in [0.5, 0.6) is 0 Å². The number of carbonyl (C=O) groups excluding carboxylic acids is 1. The summed E-state index contributed by atoms with van der Waals surface area (Å²) in [6, 6.07) is 11.5. The number of nitriles is 1. The molecule has 8 nitrogen and oxygen atoms in total. The van der Waals surface area contributed by atoms with Crippen LogP contribution in [0.4, 0.5) is 5.69 Å². The summed E-state index contributed by atoms with van der Waals surface area (Å²) < 4.78 is 6.58. The fourth-order valence-corrected chi connectivity index (χ4v) is 3.55. The van der Waals surface area contributed by atoms with Crippen LogP contribution in [0.1, 0.15) is 17.5 Å². The molecule has 0 saturated heterocycles. The van der Waals surface area contributed by atoms with Crippen molar-refractivity contribution >= 4 is 23.4 Å². The smallest absolute Gasteiger partial charge is 0.237 e. The molecule has 144 valence electrons. The first-order valence-corrected chi connectivity index (χ1v) is 9.61. The molecular weight excluding hydrogens is 376 g/mol. The van der Waals surface area contributed by atoms with E-state index in [0.717, 1.165) is 16.8 Å². The van der Waals surface area contributed by atoms with E-state index in [-0.39, 0.29) is 18.1 Å². The molecule has 3 aromatic rings. The molecule has 2 N–H and O–H groups in total. The van der Waals surface area contributed by atoms with E-state index in [1.807, 2.05) is 32.0 Å². The third-order valence-corrected chi connectivity index (χ3v) is 4.93. The summed E-state index contributed by atoms with van der Waals surface area (Å²) >= 11 is 1.19. The van der Waals surface area contributed by atoms with Gasteiger partial charge in [-0.15, -0.1) is 10.2 Å². The summed E-state index contributed by atoms with van der Waals surface area (Å²) in [6.07, 6.45) is 1.77. The van der Waals surface area contributed by atoms with Crippen molar-refractivity contribution in [3.63, 3.8) is 0 Å². The van der Waals surface area contributed by atoms with Crippen LogP contribution in [-0.4, -0.2) is 33.1 Å². The molecule has 1 amide bonds. The molecule has 0 aliphatic heterocycles. The minimum atomic E-state index is -0.132. The zero-order valence-electron chi connectivity index (χ0n) is 15.6. The van der Waals surface area contributed by atoms with E-state index in [0.29, 0.717) is 23.3 Å². The summed E-state index contributed by atoms with van der Waals surface area (Å²) in [5.41, 5.74) is 2.90. The Hall–Kier alpha value is -3.25. The number of furan rings is 1. The number of benzene rings is 1. The molecule has 0 aliphatic rings. The fraction of sp³-hybridized carbons (Fsp3) is 0.263. The van der Waals surface area contributed by atoms with Crippen molar-refractivity contribution in [3.8, 4) is 17.7 Å². The Kier molecular flexibility index (Phi) is 6.01. The second-order valence-electron chi connectivity index (χ2n) is 6.24. The third kappa shape index (κ3) is 4.35. The van der Waals surface area contributed by atoms with Gasteiger partial charge in [0.05, 0.1) is 24.5 Å². The number of anilines is 1. The van der Waals surface area contributed by atoms with Crippen molar-refractivity contribution in [2.75, 3.05) is 23.0 Å². The molecule has 0 bridgehead atoms. The Morgan fingerprint density at radius 2 is 2.07 bits per heavy atom. The number of nitrogen functional groups attached to an aromatic ring is 1. The van der Waals surface area contributed by atoms with Crippen LogP contribution in [0.2, 0.25) is 0 Å². The molecule has 0 radical (unpaired) electrons. The van der Waals surface area contributed by atoms with Crippen LogP contribution in [0.25, 0.3) is 11.6 Å². The monoisotopic (exact) mass is 396 g/mol. The summed E-state index contributed by atoms with van der Waals surface area (Å²) in [4.78, 5) is 14.5. The van der Waals surface area contributed by atoms with Crippen molar-refractivity contribution in [1.82, 2.24) is 14.9 Å². The average molecular weight is 396 g/mol. The highest BCUT2D eigenvalue weighted by Crippen LogP contribution is 2.24. The third-order valence-electron chi connectivity index (χ3n) is 4.00. The van der Waals surface area contributed by atoms with Gasteiger partial charge in [-0.05, 0) is 49.2 Å². The number of nitrogens with two attached hydrogens (primary N) is 1. The van der Waals surface area contributed by atoms with Crippen LogP contribution in [0, 0.1) is 25.2 Å². The predicted molar refractivity (Wildman–Crippen MR) is 107 cm³/mol. The Labute approximate surface area is 166 Å². The summed E-state index contributed by atoms with van der Waals surface area (Å²) in [7, 11) is 0. The van der Waals surface area contributed by atoms with Gasteiger partial charge in [-0.3, -0.25) is 4.79 Å². The number of aromatic nitrogens is 3. The highest BCUT2D eigenvalue weighted by Gasteiger charge is 2.20. The van der Waals surface area contributed by atoms with Gasteiger partial charge in [0.25, 0.3) is 0 Å². The van der Waals surface area contributed by atoms with E-state index < -0.39 is 0 Å². The molecule has 0 saturated carbocycles. The van der Waals surface area contributed by atoms with E-state index >= 15 is 0 Å². The Morgan fingerprint density at radius 3 is 2.71 bits per heavy atom. The van der Waals surface area contributed by atoms with Gasteiger partial charge < -0.3 is 15.2 Å². The van der Waals surface area contributed by atoms with Gasteiger partial charge in [0.1, 0.15) is 0 Å². The number of amides is 1. The number of aryl methyl sites for hydroxylation is 2. The zero-order valence-corrected chi connectivity index (χ0v) is 16.4. The van der Waals surface area contributed by atoms with E-state index in [1.165, 1.54) is 22.7 Å². The zero-order chi connectivity index (χ0) is 20.1. The largest absolute Gasteiger partial charge is 0.461 e. The first-order chi connectivity index (χ1) is 13.5. The maximum absolute atomic E-state index is 12.9. The second-order valence-corrected chi connectivity index (χ2v) is 7.18. The molecular formula is C19H20N6O2S. The van der Waals surface area contributed by atoms with Crippen LogP contribution < -0.4 is 10.7 Å². The molecule has 28 heavy (non-hydrogen) atoms. The number of thioether (sulfide) groups is 1. The standard InChI is InChI=1S/C19H20N6O2S/c1-13-9-14(2)11-15(10-13)24(7-4-6-20)17(26)12-28-19-23-22-18(25(19)21)16-5-3-8-27-16/h3,5,8-11H,4,7,12,21H2,1-2H3. The highest BCUT2D eigenvalue weighted by atomic mass is 32.2. The minimum Gasteiger partial charge on any atom is -0.461 e. The molecule has 2 aromatic heterocycles. The SMILES string of the molecule is Cc1cc(C)cc(N(CCC#N)C(=O)CSc2nnc(-c3ccco3)n2N)c1. The number of nitrogens with zero attached hydrogens (tertiary/aromatic N) is 5. The van der Waals surface area contributed by atoms with Crippen molar-refractivity contribution < 1.29 is 9.21 Å². The predicted octanol–water partition coefficient (Wildman–Crippen LogP) is 2.91. The normalized spacial score (nSPS) is 10.6. The van der Waals surface area contributed by atoms with E-state index in [2.05, 4.69) is 16.3 Å². The maximum atomic E-state index is 12.9. The number of rotatable bonds is 7. The van der Waals surface area contributed by atoms with Crippen molar-refractivity contribution in [2.24, 2.45) is 0 Å².